The molecule has 0 aliphatic carbocycles. The molecule has 1 aliphatic rings. The predicted molar refractivity (Wildman–Crippen MR) is 116 cm³/mol. The molecule has 0 radical (unpaired) electrons. The van der Waals surface area contributed by atoms with Gasteiger partial charge >= 0.3 is 0 Å². The van der Waals surface area contributed by atoms with E-state index in [1.165, 1.54) is 48.4 Å². The third kappa shape index (κ3) is 3.87. The highest BCUT2D eigenvalue weighted by Gasteiger charge is 2.47. The van der Waals surface area contributed by atoms with Crippen molar-refractivity contribution >= 4 is 29.1 Å². The highest BCUT2D eigenvalue weighted by atomic mass is 35.5. The number of aryl methyl sites for hydroxylation is 1. The van der Waals surface area contributed by atoms with Crippen molar-refractivity contribution in [2.24, 2.45) is 0 Å². The second-order valence-electron chi connectivity index (χ2n) is 7.35. The Hall–Kier alpha value is -3.58. The topological polar surface area (TPSA) is 80.0 Å². The number of aliphatic hydroxyl groups excluding tert-OH is 1. The highest BCUT2D eigenvalue weighted by molar-refractivity contribution is 6.46. The van der Waals surface area contributed by atoms with Crippen molar-refractivity contribution in [3.63, 3.8) is 0 Å². The standard InChI is InChI=1S/C24H19ClFNO5/c1-13-3-10-19(32-13)21-20(22(28)17-11-16(31-2)8-9-18(17)25)23(29)24(30)27(21)12-14-4-6-15(26)7-5-14/h3-11,21,28H,12H2,1-2H3/b22-20+. The highest BCUT2D eigenvalue weighted by Crippen LogP contribution is 2.42. The van der Waals surface area contributed by atoms with Crippen LogP contribution in [0.15, 0.2) is 64.6 Å². The van der Waals surface area contributed by atoms with Gasteiger partial charge in [-0.1, -0.05) is 23.7 Å². The number of carbonyl (C=O) groups is 2. The van der Waals surface area contributed by atoms with Gasteiger partial charge in [0.05, 0.1) is 17.7 Å². The number of ketones is 1. The maximum Gasteiger partial charge on any atom is 0.296 e. The molecule has 6 nitrogen and oxygen atoms in total. The average molecular weight is 456 g/mol. The number of amides is 1. The monoisotopic (exact) mass is 455 g/mol. The molecular weight excluding hydrogens is 437 g/mol. The summed E-state index contributed by atoms with van der Waals surface area (Å²) in [6.45, 7) is 1.74. The second kappa shape index (κ2) is 8.51. The Bertz CT molecular complexity index is 1230. The fourth-order valence-corrected chi connectivity index (χ4v) is 3.89. The van der Waals surface area contributed by atoms with Crippen LogP contribution in [0.3, 0.4) is 0 Å². The first-order chi connectivity index (χ1) is 15.3. The molecule has 1 aliphatic heterocycles. The van der Waals surface area contributed by atoms with E-state index in [0.29, 0.717) is 22.8 Å². The van der Waals surface area contributed by atoms with Crippen molar-refractivity contribution in [3.05, 3.63) is 93.7 Å². The molecule has 4 rings (SSSR count). The molecule has 0 spiro atoms. The summed E-state index contributed by atoms with van der Waals surface area (Å²) < 4.78 is 24.3. The summed E-state index contributed by atoms with van der Waals surface area (Å²) in [6, 6.07) is 12.6. The minimum atomic E-state index is -0.990. The summed E-state index contributed by atoms with van der Waals surface area (Å²) in [6.07, 6.45) is 0. The molecule has 2 aromatic carbocycles. The minimum absolute atomic E-state index is 0.0118. The summed E-state index contributed by atoms with van der Waals surface area (Å²) in [5, 5.41) is 11.3. The molecule has 8 heteroatoms. The van der Waals surface area contributed by atoms with Gasteiger partial charge in [-0.25, -0.2) is 4.39 Å². The molecule has 1 unspecified atom stereocenters. The Labute approximate surface area is 188 Å². The number of hydrogen-bond donors (Lipinski definition) is 1. The number of methoxy groups -OCH3 is 1. The summed E-state index contributed by atoms with van der Waals surface area (Å²) in [4.78, 5) is 27.3. The van der Waals surface area contributed by atoms with Crippen LogP contribution < -0.4 is 4.74 Å². The number of benzene rings is 2. The summed E-state index contributed by atoms with van der Waals surface area (Å²) in [5.74, 6) is -1.23. The van der Waals surface area contributed by atoms with Gasteiger partial charge in [0.15, 0.2) is 0 Å². The molecule has 2 heterocycles. The zero-order valence-corrected chi connectivity index (χ0v) is 18.0. The van der Waals surface area contributed by atoms with Crippen LogP contribution in [0.2, 0.25) is 5.02 Å². The van der Waals surface area contributed by atoms with Gasteiger partial charge in [-0.2, -0.15) is 0 Å². The number of hydrogen-bond acceptors (Lipinski definition) is 5. The lowest BCUT2D eigenvalue weighted by Gasteiger charge is -2.23. The lowest BCUT2D eigenvalue weighted by atomic mass is 9.99. The van der Waals surface area contributed by atoms with Crippen molar-refractivity contribution in [2.75, 3.05) is 7.11 Å². The van der Waals surface area contributed by atoms with Crippen LogP contribution in [0.5, 0.6) is 5.75 Å². The quantitative estimate of drug-likeness (QED) is 0.332. The Balaban J connectivity index is 1.87. The number of furan rings is 1. The molecule has 1 aromatic heterocycles. The third-order valence-electron chi connectivity index (χ3n) is 5.27. The van der Waals surface area contributed by atoms with Gasteiger partial charge in [0.1, 0.15) is 34.9 Å². The second-order valence-corrected chi connectivity index (χ2v) is 7.75. The van der Waals surface area contributed by atoms with Gasteiger partial charge in [-0.05, 0) is 55.0 Å². The summed E-state index contributed by atoms with van der Waals surface area (Å²) in [5.41, 5.74) is 0.613. The van der Waals surface area contributed by atoms with Crippen molar-refractivity contribution in [2.45, 2.75) is 19.5 Å². The lowest BCUT2D eigenvalue weighted by molar-refractivity contribution is -0.140. The van der Waals surface area contributed by atoms with Crippen LogP contribution in [0, 0.1) is 12.7 Å². The summed E-state index contributed by atoms with van der Waals surface area (Å²) >= 11 is 6.27. The number of halogens is 2. The zero-order valence-electron chi connectivity index (χ0n) is 17.3. The van der Waals surface area contributed by atoms with Crippen LogP contribution in [-0.2, 0) is 16.1 Å². The van der Waals surface area contributed by atoms with Crippen molar-refractivity contribution in [1.29, 1.82) is 0 Å². The minimum Gasteiger partial charge on any atom is -0.507 e. The van der Waals surface area contributed by atoms with Gasteiger partial charge < -0.3 is 19.2 Å². The Kier molecular flexibility index (Phi) is 5.76. The molecule has 32 heavy (non-hydrogen) atoms. The maximum absolute atomic E-state index is 13.3. The van der Waals surface area contributed by atoms with Gasteiger partial charge in [-0.3, -0.25) is 9.59 Å². The molecule has 1 amide bonds. The first-order valence-electron chi connectivity index (χ1n) is 9.73. The van der Waals surface area contributed by atoms with Crippen LogP contribution in [0.4, 0.5) is 4.39 Å². The van der Waals surface area contributed by atoms with E-state index in [1.807, 2.05) is 0 Å². The van der Waals surface area contributed by atoms with Crippen LogP contribution in [0.1, 0.15) is 28.7 Å². The van der Waals surface area contributed by atoms with Gasteiger partial charge in [0.2, 0.25) is 0 Å². The number of carbonyl (C=O) groups excluding carboxylic acids is 2. The summed E-state index contributed by atoms with van der Waals surface area (Å²) in [7, 11) is 1.46. The first kappa shape index (κ1) is 21.6. The molecular formula is C24H19ClFNO5. The molecule has 0 saturated carbocycles. The Morgan fingerprint density at radius 1 is 1.16 bits per heavy atom. The number of nitrogens with zero attached hydrogens (tertiary/aromatic N) is 1. The van der Waals surface area contributed by atoms with E-state index in [2.05, 4.69) is 0 Å². The molecule has 164 valence electrons. The largest absolute Gasteiger partial charge is 0.507 e. The molecule has 1 atom stereocenters. The number of rotatable bonds is 5. The van der Waals surface area contributed by atoms with Crippen LogP contribution in [-0.4, -0.2) is 28.8 Å². The molecule has 1 fully saturated rings. The predicted octanol–water partition coefficient (Wildman–Crippen LogP) is 5.01. The maximum atomic E-state index is 13.3. The number of ether oxygens (including phenoxy) is 1. The van der Waals surface area contributed by atoms with E-state index in [9.17, 15) is 19.1 Å². The number of Topliss-reactive ketones (excluding diaryl/α,β-unsaturated/α-hetero) is 1. The van der Waals surface area contributed by atoms with E-state index >= 15 is 0 Å². The average Bonchev–Trinajstić information content (AvgIpc) is 3.31. The van der Waals surface area contributed by atoms with Gasteiger partial charge in [0, 0.05) is 12.1 Å². The van der Waals surface area contributed by atoms with E-state index in [-0.39, 0.29) is 22.7 Å². The smallest absolute Gasteiger partial charge is 0.296 e. The van der Waals surface area contributed by atoms with E-state index < -0.39 is 29.3 Å². The fraction of sp³-hybridized carbons (Fsp3) is 0.167. The van der Waals surface area contributed by atoms with Crippen molar-refractivity contribution in [3.8, 4) is 5.75 Å². The van der Waals surface area contributed by atoms with Crippen LogP contribution in [0.25, 0.3) is 5.76 Å². The van der Waals surface area contributed by atoms with E-state index in [4.69, 9.17) is 20.8 Å². The third-order valence-corrected chi connectivity index (χ3v) is 5.60. The fourth-order valence-electron chi connectivity index (χ4n) is 3.68. The Morgan fingerprint density at radius 2 is 1.88 bits per heavy atom. The van der Waals surface area contributed by atoms with Crippen LogP contribution >= 0.6 is 11.6 Å². The first-order valence-corrected chi connectivity index (χ1v) is 10.1. The normalized spacial score (nSPS) is 17.8. The van der Waals surface area contributed by atoms with E-state index in [1.54, 1.807) is 25.1 Å². The van der Waals surface area contributed by atoms with Crippen molar-refractivity contribution < 1.29 is 28.2 Å². The van der Waals surface area contributed by atoms with Gasteiger partial charge in [-0.15, -0.1) is 0 Å². The number of likely N-dealkylation sites (tertiary alicyclic amines) is 1. The Morgan fingerprint density at radius 3 is 2.50 bits per heavy atom. The van der Waals surface area contributed by atoms with Crippen molar-refractivity contribution in [1.82, 2.24) is 4.90 Å². The van der Waals surface area contributed by atoms with E-state index in [0.717, 1.165) is 0 Å². The van der Waals surface area contributed by atoms with Gasteiger partial charge in [0.25, 0.3) is 11.7 Å². The molecule has 1 N–H and O–H groups in total. The lowest BCUT2D eigenvalue weighted by Crippen LogP contribution is -2.29. The molecule has 1 saturated heterocycles. The SMILES string of the molecule is COc1ccc(Cl)c(/C(O)=C2\C(=O)C(=O)N(Cc3ccc(F)cc3)C2c2ccc(C)o2)c1. The molecule has 0 bridgehead atoms. The zero-order chi connectivity index (χ0) is 23.0. The number of aliphatic hydroxyl groups is 1. The molecule has 3 aromatic rings.